The van der Waals surface area contributed by atoms with Gasteiger partial charge in [-0.2, -0.15) is 0 Å². The third-order valence-electron chi connectivity index (χ3n) is 4.61. The molecule has 30 heavy (non-hydrogen) atoms. The topological polar surface area (TPSA) is 64.1 Å². The Morgan fingerprint density at radius 1 is 0.867 bits per heavy atom. The van der Waals surface area contributed by atoms with Crippen LogP contribution in [-0.4, -0.2) is 39.4 Å². The van der Waals surface area contributed by atoms with Crippen molar-refractivity contribution >= 4 is 5.96 Å². The van der Waals surface area contributed by atoms with Crippen molar-refractivity contribution in [3.8, 4) is 5.75 Å². The molecule has 2 aromatic carbocycles. The Bertz CT molecular complexity index is 793. The van der Waals surface area contributed by atoms with Crippen molar-refractivity contribution in [1.29, 1.82) is 0 Å². The van der Waals surface area contributed by atoms with Crippen LogP contribution in [0.15, 0.2) is 47.5 Å². The lowest BCUT2D eigenvalue weighted by Crippen LogP contribution is -2.36. The highest BCUT2D eigenvalue weighted by Crippen LogP contribution is 2.20. The van der Waals surface area contributed by atoms with Gasteiger partial charge in [-0.05, 0) is 43.5 Å². The van der Waals surface area contributed by atoms with Gasteiger partial charge < -0.3 is 24.8 Å². The molecule has 0 heterocycles. The number of hydrogen-bond donors (Lipinski definition) is 2. The molecular formula is C24H35N3O3. The summed E-state index contributed by atoms with van der Waals surface area (Å²) in [6.07, 6.45) is 0. The monoisotopic (exact) mass is 413 g/mol. The van der Waals surface area contributed by atoms with E-state index in [1.54, 1.807) is 7.05 Å². The van der Waals surface area contributed by atoms with Crippen LogP contribution < -0.4 is 15.4 Å². The first kappa shape index (κ1) is 23.7. The number of aliphatic imine (C=N–C) groups is 1. The van der Waals surface area contributed by atoms with Gasteiger partial charge in [-0.3, -0.25) is 4.99 Å². The Labute approximate surface area is 180 Å². The van der Waals surface area contributed by atoms with Gasteiger partial charge in [0.05, 0.1) is 13.2 Å². The molecule has 164 valence electrons. The smallest absolute Gasteiger partial charge is 0.191 e. The van der Waals surface area contributed by atoms with E-state index in [1.807, 2.05) is 26.0 Å². The molecule has 0 radical (unpaired) electrons. The third kappa shape index (κ3) is 8.05. The van der Waals surface area contributed by atoms with E-state index in [-0.39, 0.29) is 0 Å². The van der Waals surface area contributed by atoms with E-state index < -0.39 is 0 Å². The molecule has 0 aliphatic carbocycles. The summed E-state index contributed by atoms with van der Waals surface area (Å²) in [5, 5.41) is 6.76. The third-order valence-corrected chi connectivity index (χ3v) is 4.61. The van der Waals surface area contributed by atoms with Crippen molar-refractivity contribution < 1.29 is 14.2 Å². The molecule has 0 saturated heterocycles. The average molecular weight is 414 g/mol. The predicted molar refractivity (Wildman–Crippen MR) is 122 cm³/mol. The number of nitrogens with one attached hydrogen (secondary N) is 2. The summed E-state index contributed by atoms with van der Waals surface area (Å²) >= 11 is 0. The van der Waals surface area contributed by atoms with E-state index in [0.29, 0.717) is 46.1 Å². The van der Waals surface area contributed by atoms with Crippen LogP contribution in [-0.2, 0) is 29.2 Å². The summed E-state index contributed by atoms with van der Waals surface area (Å²) in [4.78, 5) is 4.35. The van der Waals surface area contributed by atoms with E-state index >= 15 is 0 Å². The maximum Gasteiger partial charge on any atom is 0.191 e. The minimum atomic E-state index is 0.536. The summed E-state index contributed by atoms with van der Waals surface area (Å²) in [7, 11) is 1.77. The first-order chi connectivity index (χ1) is 14.7. The zero-order valence-electron chi connectivity index (χ0n) is 18.7. The summed E-state index contributed by atoms with van der Waals surface area (Å²) in [5.41, 5.74) is 4.63. The van der Waals surface area contributed by atoms with Gasteiger partial charge in [0.2, 0.25) is 0 Å². The van der Waals surface area contributed by atoms with Crippen LogP contribution in [0.4, 0.5) is 0 Å². The molecule has 0 aliphatic heterocycles. The molecule has 2 N–H and O–H groups in total. The highest BCUT2D eigenvalue weighted by atomic mass is 16.5. The second kappa shape index (κ2) is 13.6. The number of aryl methyl sites for hydroxylation is 1. The molecular weight excluding hydrogens is 378 g/mol. The fraction of sp³-hybridized carbons (Fsp3) is 0.458. The molecule has 6 heteroatoms. The molecule has 0 aromatic heterocycles. The Hall–Kier alpha value is -2.57. The Morgan fingerprint density at radius 3 is 2.27 bits per heavy atom. The molecule has 0 bridgehead atoms. The van der Waals surface area contributed by atoms with E-state index in [2.05, 4.69) is 52.9 Å². The molecule has 0 atom stereocenters. The number of nitrogens with zero attached hydrogens (tertiary/aromatic N) is 1. The van der Waals surface area contributed by atoms with Gasteiger partial charge in [0, 0.05) is 38.9 Å². The SMILES string of the molecule is CCOCCOc1cc(C)ccc1CNC(=NC)NCc1ccccc1COCC. The van der Waals surface area contributed by atoms with Crippen molar-refractivity contribution in [3.05, 3.63) is 64.7 Å². The second-order valence-corrected chi connectivity index (χ2v) is 6.84. The molecule has 0 spiro atoms. The summed E-state index contributed by atoms with van der Waals surface area (Å²) in [5.74, 6) is 1.61. The van der Waals surface area contributed by atoms with Crippen molar-refractivity contribution in [3.63, 3.8) is 0 Å². The molecule has 0 unspecified atom stereocenters. The van der Waals surface area contributed by atoms with Gasteiger partial charge >= 0.3 is 0 Å². The van der Waals surface area contributed by atoms with Gasteiger partial charge in [-0.25, -0.2) is 0 Å². The normalized spacial score (nSPS) is 11.4. The summed E-state index contributed by atoms with van der Waals surface area (Å²) < 4.78 is 16.9. The quantitative estimate of drug-likeness (QED) is 0.315. The number of guanidine groups is 1. The minimum Gasteiger partial charge on any atom is -0.491 e. The molecule has 0 saturated carbocycles. The molecule has 2 rings (SSSR count). The lowest BCUT2D eigenvalue weighted by molar-refractivity contribution is 0.110. The van der Waals surface area contributed by atoms with Crippen LogP contribution in [0.3, 0.4) is 0 Å². The first-order valence-electron chi connectivity index (χ1n) is 10.6. The number of hydrogen-bond acceptors (Lipinski definition) is 4. The highest BCUT2D eigenvalue weighted by Gasteiger charge is 2.07. The van der Waals surface area contributed by atoms with Crippen LogP contribution in [0.25, 0.3) is 0 Å². The molecule has 0 amide bonds. The van der Waals surface area contributed by atoms with Crippen molar-refractivity contribution in [2.45, 2.75) is 40.5 Å². The van der Waals surface area contributed by atoms with Crippen molar-refractivity contribution in [2.75, 3.05) is 33.5 Å². The van der Waals surface area contributed by atoms with Gasteiger partial charge in [-0.1, -0.05) is 36.4 Å². The Morgan fingerprint density at radius 2 is 1.57 bits per heavy atom. The van der Waals surface area contributed by atoms with Gasteiger partial charge in [0.15, 0.2) is 5.96 Å². The lowest BCUT2D eigenvalue weighted by Gasteiger charge is -2.16. The summed E-state index contributed by atoms with van der Waals surface area (Å²) in [6.45, 7) is 10.5. The number of rotatable bonds is 12. The second-order valence-electron chi connectivity index (χ2n) is 6.84. The van der Waals surface area contributed by atoms with Crippen LogP contribution in [0.1, 0.15) is 36.1 Å². The zero-order valence-corrected chi connectivity index (χ0v) is 18.7. The van der Waals surface area contributed by atoms with Gasteiger partial charge in [0.1, 0.15) is 12.4 Å². The van der Waals surface area contributed by atoms with E-state index in [4.69, 9.17) is 14.2 Å². The minimum absolute atomic E-state index is 0.536. The maximum atomic E-state index is 5.93. The zero-order chi connectivity index (χ0) is 21.6. The standard InChI is InChI=1S/C24H35N3O3/c1-5-28-13-14-30-23-15-19(3)11-12-21(23)17-27-24(25-4)26-16-20-9-7-8-10-22(20)18-29-6-2/h7-12,15H,5-6,13-14,16-18H2,1-4H3,(H2,25,26,27). The summed E-state index contributed by atoms with van der Waals surface area (Å²) in [6, 6.07) is 14.5. The molecule has 0 aliphatic rings. The first-order valence-corrected chi connectivity index (χ1v) is 10.6. The van der Waals surface area contributed by atoms with Crippen LogP contribution >= 0.6 is 0 Å². The van der Waals surface area contributed by atoms with Crippen LogP contribution in [0.2, 0.25) is 0 Å². The molecule has 2 aromatic rings. The van der Waals surface area contributed by atoms with Gasteiger partial charge in [0.25, 0.3) is 0 Å². The predicted octanol–water partition coefficient (Wildman–Crippen LogP) is 3.81. The fourth-order valence-electron chi connectivity index (χ4n) is 2.96. The van der Waals surface area contributed by atoms with Crippen LogP contribution in [0.5, 0.6) is 5.75 Å². The largest absolute Gasteiger partial charge is 0.491 e. The molecule has 0 fully saturated rings. The number of benzene rings is 2. The highest BCUT2D eigenvalue weighted by molar-refractivity contribution is 5.79. The van der Waals surface area contributed by atoms with E-state index in [9.17, 15) is 0 Å². The van der Waals surface area contributed by atoms with E-state index in [1.165, 1.54) is 16.7 Å². The maximum absolute atomic E-state index is 5.93. The Balaban J connectivity index is 1.93. The van der Waals surface area contributed by atoms with E-state index in [0.717, 1.165) is 17.3 Å². The number of ether oxygens (including phenoxy) is 3. The molecule has 6 nitrogen and oxygen atoms in total. The van der Waals surface area contributed by atoms with Crippen molar-refractivity contribution in [2.24, 2.45) is 4.99 Å². The fourth-order valence-corrected chi connectivity index (χ4v) is 2.96. The Kier molecular flexibility index (Phi) is 10.8. The van der Waals surface area contributed by atoms with Crippen molar-refractivity contribution in [1.82, 2.24) is 10.6 Å². The average Bonchev–Trinajstić information content (AvgIpc) is 2.77. The van der Waals surface area contributed by atoms with Gasteiger partial charge in [-0.15, -0.1) is 0 Å². The lowest BCUT2D eigenvalue weighted by atomic mass is 10.1. The van der Waals surface area contributed by atoms with Crippen LogP contribution in [0, 0.1) is 6.92 Å².